The van der Waals surface area contributed by atoms with E-state index in [1.807, 2.05) is 30.3 Å². The Kier molecular flexibility index (Phi) is 4.27. The molecule has 96 valence electrons. The Bertz CT molecular complexity index is 603. The summed E-state index contributed by atoms with van der Waals surface area (Å²) in [6.45, 7) is 0.412. The Hall–Kier alpha value is -2.18. The van der Waals surface area contributed by atoms with Crippen LogP contribution in [0.25, 0.3) is 0 Å². The van der Waals surface area contributed by atoms with Gasteiger partial charge in [-0.1, -0.05) is 23.7 Å². The highest BCUT2D eigenvalue weighted by Crippen LogP contribution is 2.26. The largest absolute Gasteiger partial charge is 0.497 e. The number of hydrogen-bond donors (Lipinski definition) is 0. The maximum Gasteiger partial charge on any atom is 0.138 e. The molecule has 0 spiro atoms. The van der Waals surface area contributed by atoms with E-state index in [9.17, 15) is 0 Å². The first kappa shape index (κ1) is 13.3. The van der Waals surface area contributed by atoms with E-state index < -0.39 is 0 Å². The molecule has 0 fully saturated rings. The average molecular weight is 274 g/mol. The van der Waals surface area contributed by atoms with Crippen LogP contribution in [0.2, 0.25) is 5.02 Å². The van der Waals surface area contributed by atoms with E-state index in [0.717, 1.165) is 11.3 Å². The van der Waals surface area contributed by atoms with Crippen LogP contribution < -0.4 is 9.47 Å². The van der Waals surface area contributed by atoms with Gasteiger partial charge in [0.15, 0.2) is 0 Å². The first-order chi connectivity index (χ1) is 9.22. The molecule has 0 aliphatic rings. The van der Waals surface area contributed by atoms with Crippen LogP contribution >= 0.6 is 11.6 Å². The highest BCUT2D eigenvalue weighted by Gasteiger charge is 2.03. The van der Waals surface area contributed by atoms with Crippen molar-refractivity contribution < 1.29 is 9.47 Å². The summed E-state index contributed by atoms with van der Waals surface area (Å²) >= 11 is 6.03. The summed E-state index contributed by atoms with van der Waals surface area (Å²) in [6.07, 6.45) is 0. The summed E-state index contributed by atoms with van der Waals surface area (Å²) in [5, 5.41) is 9.19. The molecular formula is C15H12ClNO2. The summed E-state index contributed by atoms with van der Waals surface area (Å²) in [4.78, 5) is 0. The SMILES string of the molecule is COc1ccc(COc2ccc(C#N)cc2Cl)cc1. The second kappa shape index (κ2) is 6.12. The van der Waals surface area contributed by atoms with E-state index in [4.69, 9.17) is 26.3 Å². The summed E-state index contributed by atoms with van der Waals surface area (Å²) in [5.74, 6) is 1.37. The van der Waals surface area contributed by atoms with Crippen LogP contribution in [-0.2, 0) is 6.61 Å². The standard InChI is InChI=1S/C15H12ClNO2/c1-18-13-5-2-11(3-6-13)10-19-15-7-4-12(9-17)8-14(15)16/h2-8H,10H2,1H3. The molecule has 0 saturated heterocycles. The van der Waals surface area contributed by atoms with Gasteiger partial charge in [-0.2, -0.15) is 5.26 Å². The molecule has 19 heavy (non-hydrogen) atoms. The van der Waals surface area contributed by atoms with Gasteiger partial charge in [0.2, 0.25) is 0 Å². The molecule has 2 aromatic rings. The molecule has 0 aliphatic carbocycles. The fourth-order valence-electron chi connectivity index (χ4n) is 1.57. The number of nitriles is 1. The Labute approximate surface area is 117 Å². The van der Waals surface area contributed by atoms with Crippen molar-refractivity contribution in [2.75, 3.05) is 7.11 Å². The molecule has 0 saturated carbocycles. The van der Waals surface area contributed by atoms with Crippen molar-refractivity contribution in [1.29, 1.82) is 5.26 Å². The molecule has 0 amide bonds. The van der Waals surface area contributed by atoms with Crippen molar-refractivity contribution in [2.24, 2.45) is 0 Å². The van der Waals surface area contributed by atoms with Gasteiger partial charge in [-0.05, 0) is 35.9 Å². The summed E-state index contributed by atoms with van der Waals surface area (Å²) in [7, 11) is 1.63. The van der Waals surface area contributed by atoms with Gasteiger partial charge < -0.3 is 9.47 Å². The first-order valence-corrected chi connectivity index (χ1v) is 6.06. The monoisotopic (exact) mass is 273 g/mol. The zero-order chi connectivity index (χ0) is 13.7. The number of halogens is 1. The van der Waals surface area contributed by atoms with Gasteiger partial charge in [0.25, 0.3) is 0 Å². The third-order valence-electron chi connectivity index (χ3n) is 2.61. The summed E-state index contributed by atoms with van der Waals surface area (Å²) in [6, 6.07) is 14.6. The normalized spacial score (nSPS) is 9.74. The molecular weight excluding hydrogens is 262 g/mol. The Morgan fingerprint density at radius 3 is 2.47 bits per heavy atom. The fourth-order valence-corrected chi connectivity index (χ4v) is 1.81. The predicted octanol–water partition coefficient (Wildman–Crippen LogP) is 3.80. The average Bonchev–Trinajstić information content (AvgIpc) is 2.46. The lowest BCUT2D eigenvalue weighted by molar-refractivity contribution is 0.306. The summed E-state index contributed by atoms with van der Waals surface area (Å²) in [5.41, 5.74) is 1.53. The highest BCUT2D eigenvalue weighted by molar-refractivity contribution is 6.32. The van der Waals surface area contributed by atoms with Gasteiger partial charge in [0, 0.05) is 0 Å². The molecule has 0 heterocycles. The molecule has 0 aromatic heterocycles. The lowest BCUT2D eigenvalue weighted by Gasteiger charge is -2.08. The van der Waals surface area contributed by atoms with E-state index in [-0.39, 0.29) is 0 Å². The van der Waals surface area contributed by atoms with E-state index in [1.165, 1.54) is 0 Å². The maximum atomic E-state index is 8.75. The number of benzene rings is 2. The molecule has 0 atom stereocenters. The van der Waals surface area contributed by atoms with Crippen molar-refractivity contribution in [3.8, 4) is 17.6 Å². The van der Waals surface area contributed by atoms with Crippen LogP contribution in [0, 0.1) is 11.3 Å². The number of ether oxygens (including phenoxy) is 2. The van der Waals surface area contributed by atoms with E-state index in [2.05, 4.69) is 0 Å². The van der Waals surface area contributed by atoms with Crippen molar-refractivity contribution in [1.82, 2.24) is 0 Å². The van der Waals surface area contributed by atoms with Crippen molar-refractivity contribution in [2.45, 2.75) is 6.61 Å². The number of hydrogen-bond acceptors (Lipinski definition) is 3. The van der Waals surface area contributed by atoms with E-state index >= 15 is 0 Å². The predicted molar refractivity (Wildman–Crippen MR) is 73.5 cm³/mol. The topological polar surface area (TPSA) is 42.2 Å². The van der Waals surface area contributed by atoms with Crippen LogP contribution in [0.5, 0.6) is 11.5 Å². The van der Waals surface area contributed by atoms with Crippen molar-refractivity contribution in [3.63, 3.8) is 0 Å². The van der Waals surface area contributed by atoms with Gasteiger partial charge in [0.05, 0.1) is 23.8 Å². The van der Waals surface area contributed by atoms with Crippen LogP contribution in [0.1, 0.15) is 11.1 Å². The number of methoxy groups -OCH3 is 1. The Balaban J connectivity index is 2.04. The lowest BCUT2D eigenvalue weighted by Crippen LogP contribution is -1.96. The van der Waals surface area contributed by atoms with E-state index in [1.54, 1.807) is 25.3 Å². The second-order valence-corrected chi connectivity index (χ2v) is 4.30. The van der Waals surface area contributed by atoms with Crippen LogP contribution in [0.4, 0.5) is 0 Å². The molecule has 0 unspecified atom stereocenters. The molecule has 0 N–H and O–H groups in total. The third-order valence-corrected chi connectivity index (χ3v) is 2.91. The van der Waals surface area contributed by atoms with Crippen molar-refractivity contribution in [3.05, 3.63) is 58.6 Å². The van der Waals surface area contributed by atoms with Crippen LogP contribution in [0.15, 0.2) is 42.5 Å². The Morgan fingerprint density at radius 1 is 1.16 bits per heavy atom. The molecule has 0 aliphatic heterocycles. The smallest absolute Gasteiger partial charge is 0.138 e. The van der Waals surface area contributed by atoms with Gasteiger partial charge in [-0.3, -0.25) is 0 Å². The Morgan fingerprint density at radius 2 is 1.89 bits per heavy atom. The maximum absolute atomic E-state index is 8.75. The quantitative estimate of drug-likeness (QED) is 0.851. The fraction of sp³-hybridized carbons (Fsp3) is 0.133. The molecule has 2 rings (SSSR count). The second-order valence-electron chi connectivity index (χ2n) is 3.89. The molecule has 2 aromatic carbocycles. The minimum absolute atomic E-state index is 0.412. The molecule has 3 nitrogen and oxygen atoms in total. The minimum atomic E-state index is 0.412. The van der Waals surface area contributed by atoms with Crippen LogP contribution in [-0.4, -0.2) is 7.11 Å². The highest BCUT2D eigenvalue weighted by atomic mass is 35.5. The number of nitrogens with zero attached hydrogens (tertiary/aromatic N) is 1. The van der Waals surface area contributed by atoms with Gasteiger partial charge in [0.1, 0.15) is 18.1 Å². The summed E-state index contributed by atoms with van der Waals surface area (Å²) < 4.78 is 10.7. The van der Waals surface area contributed by atoms with Gasteiger partial charge in [-0.25, -0.2) is 0 Å². The molecule has 0 bridgehead atoms. The van der Waals surface area contributed by atoms with E-state index in [0.29, 0.717) is 22.9 Å². The van der Waals surface area contributed by atoms with Crippen molar-refractivity contribution >= 4 is 11.6 Å². The zero-order valence-electron chi connectivity index (χ0n) is 10.4. The van der Waals surface area contributed by atoms with Crippen LogP contribution in [0.3, 0.4) is 0 Å². The number of rotatable bonds is 4. The minimum Gasteiger partial charge on any atom is -0.497 e. The molecule has 0 radical (unpaired) electrons. The molecule has 4 heteroatoms. The van der Waals surface area contributed by atoms with Gasteiger partial charge >= 0.3 is 0 Å². The van der Waals surface area contributed by atoms with Gasteiger partial charge in [-0.15, -0.1) is 0 Å². The third kappa shape index (κ3) is 3.40. The lowest BCUT2D eigenvalue weighted by atomic mass is 10.2. The first-order valence-electron chi connectivity index (χ1n) is 5.68. The zero-order valence-corrected chi connectivity index (χ0v) is 11.1.